The van der Waals surface area contributed by atoms with E-state index in [9.17, 15) is 14.4 Å². The number of carbonyl (C=O) groups excluding carboxylic acids is 3. The van der Waals surface area contributed by atoms with E-state index in [0.29, 0.717) is 35.6 Å². The van der Waals surface area contributed by atoms with Crippen LogP contribution in [-0.2, 0) is 31.9 Å². The van der Waals surface area contributed by atoms with Crippen molar-refractivity contribution in [3.05, 3.63) is 47.5 Å². The van der Waals surface area contributed by atoms with Gasteiger partial charge in [0.25, 0.3) is 0 Å². The molecule has 2 aromatic heterocycles. The number of nitrogens with one attached hydrogen (secondary N) is 1. The first-order valence-electron chi connectivity index (χ1n) is 16.6. The lowest BCUT2D eigenvalue weighted by atomic mass is 10.1. The summed E-state index contributed by atoms with van der Waals surface area (Å²) in [5.41, 5.74) is 1.77. The molecule has 1 saturated heterocycles. The number of likely N-dealkylation sites (tertiary alicyclic amines) is 1. The van der Waals surface area contributed by atoms with Crippen molar-refractivity contribution in [2.45, 2.75) is 102 Å². The summed E-state index contributed by atoms with van der Waals surface area (Å²) in [6.45, 7) is 9.19. The Morgan fingerprint density at radius 3 is 2.65 bits per heavy atom. The number of aromatic nitrogens is 2. The minimum Gasteiger partial charge on any atom is -0.497 e. The van der Waals surface area contributed by atoms with Gasteiger partial charge in [-0.25, -0.2) is 19.6 Å². The highest BCUT2D eigenvalue weighted by molar-refractivity contribution is 7.15. The highest BCUT2D eigenvalue weighted by Crippen LogP contribution is 2.38. The Balaban J connectivity index is 1.41. The number of hydrogen-bond donors (Lipinski definition) is 1. The zero-order valence-corrected chi connectivity index (χ0v) is 29.3. The van der Waals surface area contributed by atoms with Crippen LogP contribution in [0.15, 0.2) is 36.9 Å². The van der Waals surface area contributed by atoms with Gasteiger partial charge in [0, 0.05) is 28.8 Å². The fourth-order valence-corrected chi connectivity index (χ4v) is 7.31. The molecule has 258 valence electrons. The highest BCUT2D eigenvalue weighted by Gasteiger charge is 2.44. The molecule has 1 aliphatic carbocycles. The normalized spacial score (nSPS) is 17.9. The van der Waals surface area contributed by atoms with Crippen LogP contribution in [0.2, 0.25) is 0 Å². The van der Waals surface area contributed by atoms with Gasteiger partial charge < -0.3 is 29.2 Å². The Hall–Kier alpha value is -4.19. The summed E-state index contributed by atoms with van der Waals surface area (Å²) in [6, 6.07) is 5.71. The third kappa shape index (κ3) is 8.44. The van der Waals surface area contributed by atoms with Crippen LogP contribution in [0.3, 0.4) is 0 Å². The number of aryl methyl sites for hydroxylation is 2. The number of ether oxygens (including phenoxy) is 4. The number of alkyl carbamates (subject to hydrolysis) is 1. The zero-order valence-electron chi connectivity index (χ0n) is 28.5. The number of amides is 2. The summed E-state index contributed by atoms with van der Waals surface area (Å²) in [5, 5.41) is 4.37. The van der Waals surface area contributed by atoms with E-state index in [1.165, 1.54) is 16.9 Å². The van der Waals surface area contributed by atoms with Crippen LogP contribution in [0.25, 0.3) is 21.6 Å². The summed E-state index contributed by atoms with van der Waals surface area (Å²) < 4.78 is 22.7. The highest BCUT2D eigenvalue weighted by atomic mass is 32.1. The zero-order chi connectivity index (χ0) is 34.4. The average molecular weight is 679 g/mol. The Kier molecular flexibility index (Phi) is 11.2. The van der Waals surface area contributed by atoms with Gasteiger partial charge in [-0.2, -0.15) is 0 Å². The Morgan fingerprint density at radius 1 is 1.12 bits per heavy atom. The summed E-state index contributed by atoms with van der Waals surface area (Å²) >= 11 is 1.65. The second kappa shape index (κ2) is 15.4. The monoisotopic (exact) mass is 678 g/mol. The minimum absolute atomic E-state index is 0.127. The second-order valence-corrected chi connectivity index (χ2v) is 14.3. The van der Waals surface area contributed by atoms with Gasteiger partial charge >= 0.3 is 12.1 Å². The van der Waals surface area contributed by atoms with Crippen molar-refractivity contribution < 1.29 is 33.3 Å². The van der Waals surface area contributed by atoms with Crippen LogP contribution >= 0.6 is 11.3 Å². The fraction of sp³-hybridized carbons (Fsp3) is 0.528. The predicted molar refractivity (Wildman–Crippen MR) is 184 cm³/mol. The molecule has 2 amide bonds. The lowest BCUT2D eigenvalue weighted by Gasteiger charge is -2.29. The van der Waals surface area contributed by atoms with Gasteiger partial charge in [-0.1, -0.05) is 18.9 Å². The van der Waals surface area contributed by atoms with E-state index in [4.69, 9.17) is 28.9 Å². The molecule has 5 rings (SSSR count). The van der Waals surface area contributed by atoms with Gasteiger partial charge in [0.1, 0.15) is 46.0 Å². The molecule has 1 fully saturated rings. The van der Waals surface area contributed by atoms with E-state index < -0.39 is 35.9 Å². The van der Waals surface area contributed by atoms with Crippen molar-refractivity contribution in [1.82, 2.24) is 20.2 Å². The molecule has 0 unspecified atom stereocenters. The topological polar surface area (TPSA) is 129 Å². The van der Waals surface area contributed by atoms with E-state index in [1.807, 2.05) is 30.3 Å². The molecule has 0 spiro atoms. The van der Waals surface area contributed by atoms with E-state index in [2.05, 4.69) is 11.9 Å². The number of esters is 1. The van der Waals surface area contributed by atoms with Crippen molar-refractivity contribution in [3.8, 4) is 22.2 Å². The molecule has 3 aromatic rings. The Morgan fingerprint density at radius 2 is 1.94 bits per heavy atom. The fourth-order valence-electron chi connectivity index (χ4n) is 6.20. The van der Waals surface area contributed by atoms with E-state index in [-0.39, 0.29) is 18.9 Å². The van der Waals surface area contributed by atoms with Gasteiger partial charge in [-0.3, -0.25) is 4.79 Å². The quantitative estimate of drug-likeness (QED) is 0.124. The number of unbranched alkanes of at least 4 members (excludes halogenated alkanes) is 3. The summed E-state index contributed by atoms with van der Waals surface area (Å²) in [5.74, 6) is 0.310. The number of allylic oxidation sites excluding steroid dienone is 1. The average Bonchev–Trinajstić information content (AvgIpc) is 3.78. The first-order chi connectivity index (χ1) is 23.0. The van der Waals surface area contributed by atoms with Crippen molar-refractivity contribution in [2.75, 3.05) is 20.8 Å². The number of benzene rings is 1. The maximum Gasteiger partial charge on any atom is 0.408 e. The third-order valence-electron chi connectivity index (χ3n) is 8.50. The van der Waals surface area contributed by atoms with Crippen molar-refractivity contribution in [2.24, 2.45) is 0 Å². The lowest BCUT2D eigenvalue weighted by molar-refractivity contribution is -0.151. The molecule has 1 N–H and O–H groups in total. The molecule has 0 bridgehead atoms. The number of thiazole rings is 1. The smallest absolute Gasteiger partial charge is 0.408 e. The molecule has 1 aliphatic heterocycles. The number of methoxy groups -OCH3 is 2. The van der Waals surface area contributed by atoms with Crippen LogP contribution in [0, 0.1) is 0 Å². The minimum atomic E-state index is -0.887. The van der Waals surface area contributed by atoms with Crippen LogP contribution in [-0.4, -0.2) is 77.4 Å². The molecular weight excluding hydrogens is 632 g/mol. The number of hydrogen-bond acceptors (Lipinski definition) is 10. The van der Waals surface area contributed by atoms with Gasteiger partial charge in [0.2, 0.25) is 5.91 Å². The van der Waals surface area contributed by atoms with Crippen LogP contribution < -0.4 is 14.8 Å². The summed E-state index contributed by atoms with van der Waals surface area (Å²) in [4.78, 5) is 52.6. The van der Waals surface area contributed by atoms with Crippen molar-refractivity contribution in [3.63, 3.8) is 0 Å². The van der Waals surface area contributed by atoms with Gasteiger partial charge in [-0.15, -0.1) is 17.9 Å². The number of fused-ring (bicyclic) bond motifs is 2. The van der Waals surface area contributed by atoms with Crippen molar-refractivity contribution in [1.29, 1.82) is 0 Å². The molecule has 0 radical (unpaired) electrons. The maximum atomic E-state index is 14.1. The van der Waals surface area contributed by atoms with E-state index in [0.717, 1.165) is 54.6 Å². The Bertz CT molecular complexity index is 1630. The molecular formula is C36H46N4O7S. The predicted octanol–water partition coefficient (Wildman–Crippen LogP) is 6.41. The van der Waals surface area contributed by atoms with Gasteiger partial charge in [0.15, 0.2) is 0 Å². The van der Waals surface area contributed by atoms with Crippen molar-refractivity contribution >= 4 is 40.2 Å². The molecule has 0 saturated carbocycles. The first kappa shape index (κ1) is 35.1. The van der Waals surface area contributed by atoms with E-state index >= 15 is 0 Å². The molecule has 1 aromatic carbocycles. The van der Waals surface area contributed by atoms with E-state index in [1.54, 1.807) is 39.2 Å². The lowest BCUT2D eigenvalue weighted by Crippen LogP contribution is -2.52. The first-order valence-corrected chi connectivity index (χ1v) is 17.4. The molecule has 11 nitrogen and oxygen atoms in total. The molecule has 2 aliphatic rings. The largest absolute Gasteiger partial charge is 0.497 e. The molecule has 3 atom stereocenters. The second-order valence-electron chi connectivity index (χ2n) is 13.3. The van der Waals surface area contributed by atoms with Crippen LogP contribution in [0.5, 0.6) is 11.5 Å². The third-order valence-corrected chi connectivity index (χ3v) is 9.68. The molecule has 3 heterocycles. The number of pyridine rings is 1. The maximum absolute atomic E-state index is 14.1. The standard InChI is InChI=1S/C36H46N4O7S/c1-7-8-9-10-11-13-26(39-35(43)47-36(2,3)4)33(41)40-21-23(19-29(40)34(42)45-6)46-30-20-28(32-38-25-14-12-15-31(25)48-32)37-27-18-22(44-5)16-17-24(27)30/h7,16-18,20,23,26,29H,1,8-15,19,21H2,2-6H3,(H,39,43)/t23-,26+,29+/m1/s1. The molecule has 48 heavy (non-hydrogen) atoms. The van der Waals surface area contributed by atoms with Crippen LogP contribution in [0.1, 0.15) is 76.3 Å². The molecule has 12 heteroatoms. The summed E-state index contributed by atoms with van der Waals surface area (Å²) in [6.07, 6.45) is 7.73. The van der Waals surface area contributed by atoms with Gasteiger partial charge in [-0.05, 0) is 71.4 Å². The number of rotatable bonds is 13. The number of nitrogens with zero attached hydrogens (tertiary/aromatic N) is 3. The summed E-state index contributed by atoms with van der Waals surface area (Å²) in [7, 11) is 2.91. The number of carbonyl (C=O) groups is 3. The Labute approximate surface area is 286 Å². The van der Waals surface area contributed by atoms with Gasteiger partial charge in [0.05, 0.1) is 32.0 Å². The van der Waals surface area contributed by atoms with Crippen LogP contribution in [0.4, 0.5) is 4.79 Å². The SMILES string of the molecule is C=CCCCCC[C@H](NC(=O)OC(C)(C)C)C(=O)N1C[C@H](Oc2cc(-c3nc4c(s3)CCC4)nc3cc(OC)ccc23)C[C@H]1C(=O)OC.